The van der Waals surface area contributed by atoms with Gasteiger partial charge in [-0.2, -0.15) is 0 Å². The lowest BCUT2D eigenvalue weighted by Crippen LogP contribution is -2.26. The smallest absolute Gasteiger partial charge is 0.213 e. The molecule has 0 radical (unpaired) electrons. The second-order valence-corrected chi connectivity index (χ2v) is 5.97. The van der Waals surface area contributed by atoms with Gasteiger partial charge in [0.1, 0.15) is 17.3 Å². The molecule has 0 bridgehead atoms. The Balaban J connectivity index is 2.59. The van der Waals surface area contributed by atoms with E-state index in [4.69, 9.17) is 11.6 Å². The fourth-order valence-electron chi connectivity index (χ4n) is 0.877. The van der Waals surface area contributed by atoms with E-state index < -0.39 is 10.0 Å². The third-order valence-corrected chi connectivity index (χ3v) is 4.35. The number of anilines is 1. The van der Waals surface area contributed by atoms with Crippen LogP contribution in [0.25, 0.3) is 0 Å². The Morgan fingerprint density at radius 3 is 2.81 bits per heavy atom. The van der Waals surface area contributed by atoms with Gasteiger partial charge in [-0.3, -0.25) is 0 Å². The number of nitrogens with one attached hydrogen (secondary N) is 2. The van der Waals surface area contributed by atoms with Crippen LogP contribution in [0.15, 0.2) is 10.8 Å². The minimum atomic E-state index is -3.22. The second-order valence-electron chi connectivity index (χ2n) is 2.78. The third-order valence-electron chi connectivity index (χ3n) is 1.72. The Morgan fingerprint density at radius 1 is 1.50 bits per heavy atom. The summed E-state index contributed by atoms with van der Waals surface area (Å²) < 4.78 is 25.0. The molecule has 0 fully saturated rings. The van der Waals surface area contributed by atoms with Gasteiger partial charge in [-0.15, -0.1) is 0 Å². The summed E-state index contributed by atoms with van der Waals surface area (Å²) >= 11 is 8.93. The van der Waals surface area contributed by atoms with Crippen molar-refractivity contribution in [3.05, 3.63) is 16.0 Å². The molecule has 2 N–H and O–H groups in total. The van der Waals surface area contributed by atoms with Crippen molar-refractivity contribution in [3.8, 4) is 0 Å². The van der Waals surface area contributed by atoms with E-state index in [1.165, 1.54) is 13.4 Å². The van der Waals surface area contributed by atoms with Gasteiger partial charge >= 0.3 is 0 Å². The molecule has 0 aliphatic rings. The predicted molar refractivity (Wildman–Crippen MR) is 66.1 cm³/mol. The lowest BCUT2D eigenvalue weighted by Gasteiger charge is -2.07. The van der Waals surface area contributed by atoms with Crippen molar-refractivity contribution in [2.45, 2.75) is 0 Å². The largest absolute Gasteiger partial charge is 0.368 e. The molecule has 16 heavy (non-hydrogen) atoms. The number of nitrogens with zero attached hydrogens (tertiary/aromatic N) is 2. The lowest BCUT2D eigenvalue weighted by atomic mass is 10.5. The molecule has 1 aromatic heterocycles. The highest BCUT2D eigenvalue weighted by Gasteiger charge is 2.09. The van der Waals surface area contributed by atoms with Gasteiger partial charge in [-0.05, 0) is 23.0 Å². The van der Waals surface area contributed by atoms with Crippen LogP contribution in [-0.2, 0) is 10.0 Å². The van der Waals surface area contributed by atoms with Crippen LogP contribution in [0, 0.1) is 0 Å². The summed E-state index contributed by atoms with van der Waals surface area (Å²) in [5.41, 5.74) is 0. The number of halogens is 2. The Kier molecular flexibility index (Phi) is 4.90. The van der Waals surface area contributed by atoms with E-state index in [2.05, 4.69) is 35.9 Å². The van der Waals surface area contributed by atoms with Gasteiger partial charge in [0.25, 0.3) is 0 Å². The summed E-state index contributed by atoms with van der Waals surface area (Å²) in [5.74, 6) is 0.420. The number of hydrogen-bond acceptors (Lipinski definition) is 5. The summed E-state index contributed by atoms with van der Waals surface area (Å²) in [6.07, 6.45) is 1.29. The normalized spacial score (nSPS) is 11.4. The van der Waals surface area contributed by atoms with E-state index >= 15 is 0 Å². The van der Waals surface area contributed by atoms with Crippen LogP contribution in [0.4, 0.5) is 5.82 Å². The molecule has 0 saturated heterocycles. The van der Waals surface area contributed by atoms with Gasteiger partial charge in [-0.25, -0.2) is 23.1 Å². The molecular weight excluding hydrogens is 320 g/mol. The molecule has 1 aromatic rings. The summed E-state index contributed by atoms with van der Waals surface area (Å²) in [4.78, 5) is 7.66. The highest BCUT2D eigenvalue weighted by molar-refractivity contribution is 9.10. The summed E-state index contributed by atoms with van der Waals surface area (Å²) in [7, 11) is -1.85. The van der Waals surface area contributed by atoms with E-state index in [1.807, 2.05) is 0 Å². The van der Waals surface area contributed by atoms with Crippen molar-refractivity contribution < 1.29 is 8.42 Å². The zero-order chi connectivity index (χ0) is 12.2. The average molecular weight is 330 g/mol. The third kappa shape index (κ3) is 3.85. The van der Waals surface area contributed by atoms with Gasteiger partial charge in [0.2, 0.25) is 10.0 Å². The van der Waals surface area contributed by atoms with Crippen LogP contribution in [0.3, 0.4) is 0 Å². The highest BCUT2D eigenvalue weighted by Crippen LogP contribution is 2.25. The first kappa shape index (κ1) is 13.6. The van der Waals surface area contributed by atoms with Crippen LogP contribution < -0.4 is 10.0 Å². The zero-order valence-corrected chi connectivity index (χ0v) is 11.5. The van der Waals surface area contributed by atoms with E-state index in [-0.39, 0.29) is 17.5 Å². The Hall–Kier alpha value is -0.440. The number of sulfonamides is 1. The van der Waals surface area contributed by atoms with Crippen molar-refractivity contribution in [2.75, 3.05) is 24.7 Å². The molecule has 1 rings (SSSR count). The maximum Gasteiger partial charge on any atom is 0.213 e. The first-order valence-electron chi connectivity index (χ1n) is 4.27. The number of aromatic nitrogens is 2. The van der Waals surface area contributed by atoms with Crippen LogP contribution in [0.5, 0.6) is 0 Å². The van der Waals surface area contributed by atoms with Crippen LogP contribution in [-0.4, -0.2) is 37.7 Å². The maximum absolute atomic E-state index is 11.1. The van der Waals surface area contributed by atoms with Crippen molar-refractivity contribution in [2.24, 2.45) is 0 Å². The molecule has 0 amide bonds. The van der Waals surface area contributed by atoms with Gasteiger partial charge in [0.15, 0.2) is 0 Å². The number of hydrogen-bond donors (Lipinski definition) is 2. The molecule has 90 valence electrons. The van der Waals surface area contributed by atoms with Crippen LogP contribution in [0.2, 0.25) is 5.15 Å². The maximum atomic E-state index is 11.1. The summed E-state index contributed by atoms with van der Waals surface area (Å²) in [6, 6.07) is 0. The molecule has 0 spiro atoms. The summed E-state index contributed by atoms with van der Waals surface area (Å²) in [6.45, 7) is 0.231. The minimum Gasteiger partial charge on any atom is -0.368 e. The zero-order valence-electron chi connectivity index (χ0n) is 8.37. The molecule has 1 heterocycles. The van der Waals surface area contributed by atoms with E-state index in [9.17, 15) is 8.42 Å². The molecule has 0 aliphatic carbocycles. The van der Waals surface area contributed by atoms with Crippen molar-refractivity contribution in [3.63, 3.8) is 0 Å². The molecule has 0 unspecified atom stereocenters. The molecule has 9 heteroatoms. The van der Waals surface area contributed by atoms with Gasteiger partial charge in [0, 0.05) is 6.54 Å². The first-order chi connectivity index (χ1) is 7.46. The molecule has 0 aliphatic heterocycles. The van der Waals surface area contributed by atoms with Crippen molar-refractivity contribution in [1.29, 1.82) is 0 Å². The monoisotopic (exact) mass is 328 g/mol. The minimum absolute atomic E-state index is 0.0441. The molecule has 0 saturated carbocycles. The molecule has 0 atom stereocenters. The predicted octanol–water partition coefficient (Wildman–Crippen LogP) is 0.854. The molecule has 0 aromatic carbocycles. The second kappa shape index (κ2) is 5.76. The van der Waals surface area contributed by atoms with Crippen molar-refractivity contribution in [1.82, 2.24) is 14.7 Å². The van der Waals surface area contributed by atoms with E-state index in [0.717, 1.165) is 0 Å². The first-order valence-corrected chi connectivity index (χ1v) is 7.09. The van der Waals surface area contributed by atoms with Crippen LogP contribution in [0.1, 0.15) is 0 Å². The van der Waals surface area contributed by atoms with Gasteiger partial charge in [-0.1, -0.05) is 11.6 Å². The Labute approximate surface area is 107 Å². The fraction of sp³-hybridized carbons (Fsp3) is 0.429. The molecular formula is C7H10BrClN4O2S. The highest BCUT2D eigenvalue weighted by atomic mass is 79.9. The average Bonchev–Trinajstić information content (AvgIpc) is 2.24. The Bertz CT molecular complexity index is 467. The standard InChI is InChI=1S/C7H10BrClN4O2S/c1-10-16(14,15)3-2-11-7-5(8)6(9)12-4-13-7/h4,10H,2-3H2,1H3,(H,11,12,13). The van der Waals surface area contributed by atoms with Gasteiger partial charge in [0.05, 0.1) is 10.2 Å². The van der Waals surface area contributed by atoms with Gasteiger partial charge < -0.3 is 5.32 Å². The lowest BCUT2D eigenvalue weighted by molar-refractivity contribution is 0.588. The Morgan fingerprint density at radius 2 is 2.19 bits per heavy atom. The van der Waals surface area contributed by atoms with E-state index in [1.54, 1.807) is 0 Å². The molecule has 6 nitrogen and oxygen atoms in total. The fourth-order valence-corrected chi connectivity index (χ4v) is 1.93. The number of rotatable bonds is 5. The van der Waals surface area contributed by atoms with Crippen molar-refractivity contribution >= 4 is 43.4 Å². The van der Waals surface area contributed by atoms with Crippen LogP contribution >= 0.6 is 27.5 Å². The SMILES string of the molecule is CNS(=O)(=O)CCNc1ncnc(Cl)c1Br. The quantitative estimate of drug-likeness (QED) is 0.783. The topological polar surface area (TPSA) is 84.0 Å². The van der Waals surface area contributed by atoms with E-state index in [0.29, 0.717) is 10.3 Å². The summed E-state index contributed by atoms with van der Waals surface area (Å²) in [5, 5.41) is 3.11.